The summed E-state index contributed by atoms with van der Waals surface area (Å²) in [4.78, 5) is 9.70. The molecule has 31 heavy (non-hydrogen) atoms. The van der Waals surface area contributed by atoms with Crippen molar-refractivity contribution < 1.29 is 16.5 Å². The van der Waals surface area contributed by atoms with Gasteiger partial charge in [0.2, 0.25) is 0 Å². The average molecular weight is 463 g/mol. The Kier molecular flexibility index (Phi) is 14.9. The molecule has 0 N–H and O–H groups in total. The average Bonchev–Trinajstić information content (AvgIpc) is 2.77. The molecule has 0 unspecified atom stereocenters. The van der Waals surface area contributed by atoms with Crippen molar-refractivity contribution >= 4 is 23.3 Å². The molecule has 2 aromatic rings. The van der Waals surface area contributed by atoms with Crippen LogP contribution in [0.4, 0.5) is 11.4 Å². The van der Waals surface area contributed by atoms with E-state index in [1.54, 1.807) is 0 Å². The molecule has 0 spiro atoms. The van der Waals surface area contributed by atoms with Gasteiger partial charge in [-0.25, -0.2) is 0 Å². The zero-order valence-corrected chi connectivity index (χ0v) is 20.7. The van der Waals surface area contributed by atoms with E-state index in [1.165, 1.54) is 62.5 Å². The quantitative estimate of drug-likeness (QED) is 0.152. The van der Waals surface area contributed by atoms with Crippen LogP contribution in [-0.4, -0.2) is 11.9 Å². The summed E-state index contributed by atoms with van der Waals surface area (Å²) < 4.78 is 0. The molecule has 2 aromatic carbocycles. The Labute approximate surface area is 200 Å². The first kappa shape index (κ1) is 27.3. The Morgan fingerprint density at radius 2 is 1.39 bits per heavy atom. The van der Waals surface area contributed by atoms with E-state index in [9.17, 15) is 0 Å². The minimum atomic E-state index is 0. The van der Waals surface area contributed by atoms with Gasteiger partial charge in [0.1, 0.15) is 0 Å². The molecule has 0 aromatic heterocycles. The SMILES string of the molecule is CCCCCCCCC(C=Nc1ccccc1)=Nc1ccc(CCC)c(CCC)c1.[Ni]. The van der Waals surface area contributed by atoms with Crippen LogP contribution >= 0.6 is 0 Å². The summed E-state index contributed by atoms with van der Waals surface area (Å²) in [5.74, 6) is 0. The molecule has 0 amide bonds. The summed E-state index contributed by atoms with van der Waals surface area (Å²) in [5, 5.41) is 0. The van der Waals surface area contributed by atoms with E-state index >= 15 is 0 Å². The van der Waals surface area contributed by atoms with Crippen LogP contribution in [0.1, 0.15) is 89.7 Å². The van der Waals surface area contributed by atoms with E-state index < -0.39 is 0 Å². The predicted molar refractivity (Wildman–Crippen MR) is 134 cm³/mol. The van der Waals surface area contributed by atoms with Crippen molar-refractivity contribution in [1.29, 1.82) is 0 Å². The van der Waals surface area contributed by atoms with Gasteiger partial charge in [0, 0.05) is 22.7 Å². The van der Waals surface area contributed by atoms with Crippen LogP contribution in [0.2, 0.25) is 0 Å². The second-order valence-corrected chi connectivity index (χ2v) is 8.17. The number of hydrogen-bond donors (Lipinski definition) is 0. The molecule has 0 saturated heterocycles. The fourth-order valence-corrected chi connectivity index (χ4v) is 3.76. The van der Waals surface area contributed by atoms with E-state index in [1.807, 2.05) is 36.5 Å². The first-order chi connectivity index (χ1) is 14.8. The summed E-state index contributed by atoms with van der Waals surface area (Å²) >= 11 is 0. The first-order valence-electron chi connectivity index (χ1n) is 12.0. The molecule has 3 heteroatoms. The Bertz CT molecular complexity index is 781. The second kappa shape index (κ2) is 16.9. The third kappa shape index (κ3) is 10.9. The van der Waals surface area contributed by atoms with Gasteiger partial charge >= 0.3 is 0 Å². The fourth-order valence-electron chi connectivity index (χ4n) is 3.76. The van der Waals surface area contributed by atoms with Crippen LogP contribution in [0.15, 0.2) is 58.5 Å². The molecule has 0 heterocycles. The molecular formula is C28H40N2Ni. The van der Waals surface area contributed by atoms with Crippen molar-refractivity contribution in [2.75, 3.05) is 0 Å². The molecule has 0 radical (unpaired) electrons. The number of aryl methyl sites for hydroxylation is 2. The van der Waals surface area contributed by atoms with Crippen molar-refractivity contribution in [3.8, 4) is 0 Å². The van der Waals surface area contributed by atoms with Crippen molar-refractivity contribution in [1.82, 2.24) is 0 Å². The van der Waals surface area contributed by atoms with Gasteiger partial charge in [-0.2, -0.15) is 0 Å². The Morgan fingerprint density at radius 3 is 2.10 bits per heavy atom. The third-order valence-electron chi connectivity index (χ3n) is 5.41. The molecule has 0 atom stereocenters. The van der Waals surface area contributed by atoms with Gasteiger partial charge in [0.05, 0.1) is 17.1 Å². The number of aliphatic imine (C=N–C) groups is 2. The van der Waals surface area contributed by atoms with Gasteiger partial charge in [0.25, 0.3) is 0 Å². The molecule has 0 aliphatic rings. The number of rotatable bonds is 14. The smallest absolute Gasteiger partial charge is 0.0636 e. The van der Waals surface area contributed by atoms with Crippen LogP contribution in [0.25, 0.3) is 0 Å². The van der Waals surface area contributed by atoms with Crippen molar-refractivity contribution in [3.05, 3.63) is 59.7 Å². The summed E-state index contributed by atoms with van der Waals surface area (Å²) in [6.45, 7) is 6.77. The number of hydrogen-bond acceptors (Lipinski definition) is 2. The monoisotopic (exact) mass is 462 g/mol. The van der Waals surface area contributed by atoms with E-state index in [0.717, 1.165) is 36.3 Å². The molecule has 0 fully saturated rings. The Morgan fingerprint density at radius 1 is 0.710 bits per heavy atom. The largest absolute Gasteiger partial charge is 0.255 e. The normalized spacial score (nSPS) is 11.6. The minimum Gasteiger partial charge on any atom is -0.255 e. The maximum absolute atomic E-state index is 5.02. The maximum atomic E-state index is 5.02. The van der Waals surface area contributed by atoms with Gasteiger partial charge in [-0.1, -0.05) is 90.0 Å². The predicted octanol–water partition coefficient (Wildman–Crippen LogP) is 8.81. The molecule has 0 aliphatic carbocycles. The van der Waals surface area contributed by atoms with Crippen LogP contribution in [0, 0.1) is 0 Å². The zero-order valence-electron chi connectivity index (χ0n) is 19.7. The van der Waals surface area contributed by atoms with E-state index in [-0.39, 0.29) is 16.5 Å². The first-order valence-corrected chi connectivity index (χ1v) is 12.0. The fraction of sp³-hybridized carbons (Fsp3) is 0.500. The standard InChI is InChI=1S/C28H40N2.Ni/c1-4-7-8-9-10-12-19-28(23-29-26-17-13-11-14-18-26)30-27-21-20-24(15-5-2)25(22-27)16-6-3;/h11,13-14,17-18,20-23H,4-10,12,15-16,19H2,1-3H3;. The van der Waals surface area contributed by atoms with E-state index in [4.69, 9.17) is 4.99 Å². The minimum absolute atomic E-state index is 0. The molecule has 0 aliphatic heterocycles. The van der Waals surface area contributed by atoms with Crippen LogP contribution in [0.3, 0.4) is 0 Å². The van der Waals surface area contributed by atoms with Crippen molar-refractivity contribution in [2.24, 2.45) is 9.98 Å². The number of unbranched alkanes of at least 4 members (excludes halogenated alkanes) is 5. The summed E-state index contributed by atoms with van der Waals surface area (Å²) in [6.07, 6.45) is 15.4. The summed E-state index contributed by atoms with van der Waals surface area (Å²) in [7, 11) is 0. The van der Waals surface area contributed by atoms with Gasteiger partial charge in [-0.3, -0.25) is 9.98 Å². The number of nitrogens with zero attached hydrogens (tertiary/aromatic N) is 2. The number of para-hydroxylation sites is 1. The molecule has 0 bridgehead atoms. The molecule has 0 saturated carbocycles. The number of benzene rings is 2. The van der Waals surface area contributed by atoms with Crippen LogP contribution in [0.5, 0.6) is 0 Å². The van der Waals surface area contributed by atoms with E-state index in [2.05, 4.69) is 44.0 Å². The van der Waals surface area contributed by atoms with Crippen molar-refractivity contribution in [2.45, 2.75) is 91.4 Å². The zero-order chi connectivity index (χ0) is 21.4. The van der Waals surface area contributed by atoms with E-state index in [0.29, 0.717) is 0 Å². The Hall–Kier alpha value is -1.73. The molecular weight excluding hydrogens is 423 g/mol. The third-order valence-corrected chi connectivity index (χ3v) is 5.41. The van der Waals surface area contributed by atoms with Crippen molar-refractivity contribution in [3.63, 3.8) is 0 Å². The topological polar surface area (TPSA) is 24.7 Å². The second-order valence-electron chi connectivity index (χ2n) is 8.17. The van der Waals surface area contributed by atoms with Crippen LogP contribution < -0.4 is 0 Å². The van der Waals surface area contributed by atoms with Crippen LogP contribution in [-0.2, 0) is 29.3 Å². The summed E-state index contributed by atoms with van der Waals surface area (Å²) in [5.41, 5.74) is 6.07. The van der Waals surface area contributed by atoms with Gasteiger partial charge < -0.3 is 0 Å². The van der Waals surface area contributed by atoms with Gasteiger partial charge in [-0.15, -0.1) is 0 Å². The maximum Gasteiger partial charge on any atom is 0.0636 e. The molecule has 2 nitrogen and oxygen atoms in total. The molecule has 2 rings (SSSR count). The summed E-state index contributed by atoms with van der Waals surface area (Å²) in [6, 6.07) is 16.9. The molecule has 172 valence electrons. The Balaban J connectivity index is 0.00000480. The van der Waals surface area contributed by atoms with Gasteiger partial charge in [0.15, 0.2) is 0 Å². The van der Waals surface area contributed by atoms with Gasteiger partial charge in [-0.05, 0) is 61.1 Å².